The number of ether oxygens (including phenoxy) is 2. The maximum atomic E-state index is 12.5. The largest absolute Gasteiger partial charge is 0.495 e. The van der Waals surface area contributed by atoms with Gasteiger partial charge in [-0.3, -0.25) is 0 Å². The molecule has 2 rings (SSSR count). The second-order valence-electron chi connectivity index (χ2n) is 6.82. The summed E-state index contributed by atoms with van der Waals surface area (Å²) in [5, 5.41) is 0. The van der Waals surface area contributed by atoms with E-state index in [1.807, 2.05) is 24.3 Å². The van der Waals surface area contributed by atoms with Crippen LogP contribution in [0.15, 0.2) is 51.8 Å². The van der Waals surface area contributed by atoms with Gasteiger partial charge in [-0.05, 0) is 41.3 Å². The Morgan fingerprint density at radius 2 is 1.73 bits per heavy atom. The van der Waals surface area contributed by atoms with E-state index in [1.165, 1.54) is 18.7 Å². The fraction of sp³-hybridized carbons (Fsp3) is 0.368. The Balaban J connectivity index is 1.94. The van der Waals surface area contributed by atoms with E-state index in [-0.39, 0.29) is 23.5 Å². The Kier molecular flexibility index (Phi) is 6.71. The molecule has 0 aliphatic rings. The zero-order valence-corrected chi connectivity index (χ0v) is 17.8. The van der Waals surface area contributed by atoms with Gasteiger partial charge in [0, 0.05) is 11.0 Å². The SMILES string of the molecule is COc1ccc(Br)cc1S(=O)(=O)NCCOc1ccc(C(C)(C)C)cc1. The summed E-state index contributed by atoms with van der Waals surface area (Å²) in [6.07, 6.45) is 0. The fourth-order valence-corrected chi connectivity index (χ4v) is 4.05. The van der Waals surface area contributed by atoms with E-state index >= 15 is 0 Å². The first-order chi connectivity index (χ1) is 12.1. The number of hydrogen-bond donors (Lipinski definition) is 1. The van der Waals surface area contributed by atoms with Crippen LogP contribution >= 0.6 is 15.9 Å². The quantitative estimate of drug-likeness (QED) is 0.656. The van der Waals surface area contributed by atoms with Gasteiger partial charge in [-0.1, -0.05) is 48.8 Å². The second-order valence-corrected chi connectivity index (χ2v) is 9.47. The summed E-state index contributed by atoms with van der Waals surface area (Å²) in [6.45, 7) is 6.82. The molecular weight excluding hydrogens is 418 g/mol. The molecule has 0 spiro atoms. The molecule has 0 heterocycles. The third-order valence-electron chi connectivity index (χ3n) is 3.80. The molecule has 2 aromatic carbocycles. The smallest absolute Gasteiger partial charge is 0.244 e. The zero-order chi connectivity index (χ0) is 19.4. The van der Waals surface area contributed by atoms with Gasteiger partial charge in [-0.15, -0.1) is 0 Å². The van der Waals surface area contributed by atoms with Crippen molar-refractivity contribution in [1.29, 1.82) is 0 Å². The van der Waals surface area contributed by atoms with Crippen molar-refractivity contribution >= 4 is 26.0 Å². The molecule has 7 heteroatoms. The molecular formula is C19H24BrNO4S. The summed E-state index contributed by atoms with van der Waals surface area (Å²) in [6, 6.07) is 12.7. The topological polar surface area (TPSA) is 64.6 Å². The Bertz CT molecular complexity index is 843. The number of halogens is 1. The van der Waals surface area contributed by atoms with Gasteiger partial charge in [0.15, 0.2) is 0 Å². The molecule has 0 saturated carbocycles. The Labute approximate surface area is 163 Å². The van der Waals surface area contributed by atoms with Crippen LogP contribution in [-0.2, 0) is 15.4 Å². The monoisotopic (exact) mass is 441 g/mol. The molecule has 0 saturated heterocycles. The summed E-state index contributed by atoms with van der Waals surface area (Å²) in [5.74, 6) is 0.997. The molecule has 142 valence electrons. The summed E-state index contributed by atoms with van der Waals surface area (Å²) < 4.78 is 38.9. The van der Waals surface area contributed by atoms with Crippen molar-refractivity contribution in [2.75, 3.05) is 20.3 Å². The van der Waals surface area contributed by atoms with Crippen LogP contribution in [0.2, 0.25) is 0 Å². The molecule has 0 unspecified atom stereocenters. The van der Waals surface area contributed by atoms with Crippen molar-refractivity contribution in [3.8, 4) is 11.5 Å². The number of benzene rings is 2. The number of nitrogens with one attached hydrogen (secondary N) is 1. The van der Waals surface area contributed by atoms with E-state index in [4.69, 9.17) is 9.47 Å². The van der Waals surface area contributed by atoms with Crippen LogP contribution < -0.4 is 14.2 Å². The summed E-state index contributed by atoms with van der Waals surface area (Å²) in [4.78, 5) is 0.0869. The van der Waals surface area contributed by atoms with Gasteiger partial charge in [0.1, 0.15) is 23.0 Å². The number of methoxy groups -OCH3 is 1. The number of hydrogen-bond acceptors (Lipinski definition) is 4. The van der Waals surface area contributed by atoms with Crippen molar-refractivity contribution in [2.45, 2.75) is 31.1 Å². The summed E-state index contributed by atoms with van der Waals surface area (Å²) in [5.41, 5.74) is 1.30. The van der Waals surface area contributed by atoms with Crippen LogP contribution in [0, 0.1) is 0 Å². The van der Waals surface area contributed by atoms with Gasteiger partial charge in [-0.25, -0.2) is 13.1 Å². The van der Waals surface area contributed by atoms with Gasteiger partial charge in [0.2, 0.25) is 10.0 Å². The predicted molar refractivity (Wildman–Crippen MR) is 107 cm³/mol. The average Bonchev–Trinajstić information content (AvgIpc) is 2.58. The highest BCUT2D eigenvalue weighted by Crippen LogP contribution is 2.27. The minimum absolute atomic E-state index is 0.0805. The van der Waals surface area contributed by atoms with E-state index in [9.17, 15) is 8.42 Å². The van der Waals surface area contributed by atoms with Crippen LogP contribution in [-0.4, -0.2) is 28.7 Å². The molecule has 1 N–H and O–H groups in total. The van der Waals surface area contributed by atoms with Crippen LogP contribution in [0.25, 0.3) is 0 Å². The summed E-state index contributed by atoms with van der Waals surface area (Å²) in [7, 11) is -2.25. The first-order valence-corrected chi connectivity index (χ1v) is 10.5. The maximum absolute atomic E-state index is 12.5. The Morgan fingerprint density at radius 3 is 2.31 bits per heavy atom. The standard InChI is InChI=1S/C19H24BrNO4S/c1-19(2,3)14-5-8-16(9-6-14)25-12-11-21-26(22,23)18-13-15(20)7-10-17(18)24-4/h5-10,13,21H,11-12H2,1-4H3. The normalized spacial score (nSPS) is 12.0. The molecule has 0 amide bonds. The Morgan fingerprint density at radius 1 is 1.08 bits per heavy atom. The first-order valence-electron chi connectivity index (χ1n) is 8.20. The lowest BCUT2D eigenvalue weighted by atomic mass is 9.87. The molecule has 26 heavy (non-hydrogen) atoms. The van der Waals surface area contributed by atoms with Crippen LogP contribution in [0.5, 0.6) is 11.5 Å². The van der Waals surface area contributed by atoms with Crippen molar-refractivity contribution in [2.24, 2.45) is 0 Å². The van der Waals surface area contributed by atoms with Crippen molar-refractivity contribution in [1.82, 2.24) is 4.72 Å². The van der Waals surface area contributed by atoms with E-state index < -0.39 is 10.0 Å². The van der Waals surface area contributed by atoms with E-state index in [0.717, 1.165) is 0 Å². The highest BCUT2D eigenvalue weighted by atomic mass is 79.9. The van der Waals surface area contributed by atoms with Crippen LogP contribution in [0.1, 0.15) is 26.3 Å². The Hall–Kier alpha value is -1.57. The van der Waals surface area contributed by atoms with Gasteiger partial charge >= 0.3 is 0 Å². The fourth-order valence-electron chi connectivity index (χ4n) is 2.33. The van der Waals surface area contributed by atoms with E-state index in [1.54, 1.807) is 12.1 Å². The molecule has 5 nitrogen and oxygen atoms in total. The lowest BCUT2D eigenvalue weighted by Gasteiger charge is -2.19. The van der Waals surface area contributed by atoms with Crippen molar-refractivity contribution in [3.63, 3.8) is 0 Å². The second kappa shape index (κ2) is 8.41. The van der Waals surface area contributed by atoms with E-state index in [0.29, 0.717) is 16.0 Å². The van der Waals surface area contributed by atoms with Gasteiger partial charge in [-0.2, -0.15) is 0 Å². The number of sulfonamides is 1. The van der Waals surface area contributed by atoms with Gasteiger partial charge in [0.05, 0.1) is 7.11 Å². The van der Waals surface area contributed by atoms with Crippen LogP contribution in [0.4, 0.5) is 0 Å². The maximum Gasteiger partial charge on any atom is 0.244 e. The van der Waals surface area contributed by atoms with Crippen molar-refractivity contribution < 1.29 is 17.9 Å². The first kappa shape index (κ1) is 20.7. The zero-order valence-electron chi connectivity index (χ0n) is 15.4. The number of rotatable bonds is 7. The minimum Gasteiger partial charge on any atom is -0.495 e. The molecule has 0 aliphatic heterocycles. The van der Waals surface area contributed by atoms with Gasteiger partial charge < -0.3 is 9.47 Å². The lowest BCUT2D eigenvalue weighted by Crippen LogP contribution is -2.28. The molecule has 0 bridgehead atoms. The minimum atomic E-state index is -3.69. The third kappa shape index (κ3) is 5.46. The molecule has 0 fully saturated rings. The van der Waals surface area contributed by atoms with Crippen molar-refractivity contribution in [3.05, 3.63) is 52.5 Å². The highest BCUT2D eigenvalue weighted by Gasteiger charge is 2.19. The molecule has 0 aliphatic carbocycles. The third-order valence-corrected chi connectivity index (χ3v) is 5.77. The lowest BCUT2D eigenvalue weighted by molar-refractivity contribution is 0.322. The summed E-state index contributed by atoms with van der Waals surface area (Å²) >= 11 is 3.28. The molecule has 0 atom stereocenters. The van der Waals surface area contributed by atoms with Crippen LogP contribution in [0.3, 0.4) is 0 Å². The van der Waals surface area contributed by atoms with E-state index in [2.05, 4.69) is 41.4 Å². The highest BCUT2D eigenvalue weighted by molar-refractivity contribution is 9.10. The van der Waals surface area contributed by atoms with Gasteiger partial charge in [0.25, 0.3) is 0 Å². The molecule has 2 aromatic rings. The molecule has 0 radical (unpaired) electrons. The average molecular weight is 442 g/mol. The predicted octanol–water partition coefficient (Wildman–Crippen LogP) is 4.11. The molecule has 0 aromatic heterocycles.